The predicted molar refractivity (Wildman–Crippen MR) is 115 cm³/mol. The minimum absolute atomic E-state index is 0.0247. The highest BCUT2D eigenvalue weighted by molar-refractivity contribution is 9.10. The van der Waals surface area contributed by atoms with Gasteiger partial charge < -0.3 is 10.6 Å². The van der Waals surface area contributed by atoms with Gasteiger partial charge >= 0.3 is 0 Å². The maximum atomic E-state index is 13.5. The third kappa shape index (κ3) is 7.47. The maximum absolute atomic E-state index is 13.5. The van der Waals surface area contributed by atoms with Gasteiger partial charge in [-0.2, -0.15) is 0 Å². The molecule has 13 heteroatoms. The molecular formula is C19H13BrCl3F5N2O2. The first-order valence-corrected chi connectivity index (χ1v) is 10.6. The van der Waals surface area contributed by atoms with Crippen LogP contribution in [0.1, 0.15) is 22.3 Å². The van der Waals surface area contributed by atoms with Gasteiger partial charge in [0.2, 0.25) is 12.2 Å². The van der Waals surface area contributed by atoms with Crippen LogP contribution in [0.2, 0.25) is 5.02 Å². The lowest BCUT2D eigenvalue weighted by Crippen LogP contribution is -2.36. The summed E-state index contributed by atoms with van der Waals surface area (Å²) in [6.45, 7) is 0. The molecule has 32 heavy (non-hydrogen) atoms. The topological polar surface area (TPSA) is 58.2 Å². The highest BCUT2D eigenvalue weighted by atomic mass is 79.9. The van der Waals surface area contributed by atoms with Gasteiger partial charge in [-0.1, -0.05) is 11.6 Å². The van der Waals surface area contributed by atoms with Gasteiger partial charge in [0.15, 0.2) is 11.6 Å². The van der Waals surface area contributed by atoms with E-state index in [0.717, 1.165) is 12.1 Å². The Hall–Kier alpha value is -1.62. The van der Waals surface area contributed by atoms with Crippen molar-refractivity contribution in [3.05, 3.63) is 62.6 Å². The number of alkyl halides is 5. The number of anilines is 1. The molecule has 2 aromatic rings. The quantitative estimate of drug-likeness (QED) is 0.164. The summed E-state index contributed by atoms with van der Waals surface area (Å²) in [5.41, 5.74) is -0.113. The van der Waals surface area contributed by atoms with Crippen LogP contribution in [0.3, 0.4) is 0 Å². The van der Waals surface area contributed by atoms with E-state index in [1.165, 1.54) is 23.5 Å². The van der Waals surface area contributed by atoms with E-state index in [2.05, 4.69) is 21.2 Å². The SMILES string of the molecule is O=C(CC(Cl)(Cl)Cc1cc(F)c(F)c(Br)c1)Nc1ccc(Cl)c(C(=O)NC(F)C(F)F)c1. The van der Waals surface area contributed by atoms with Crippen molar-refractivity contribution >= 4 is 68.2 Å². The van der Waals surface area contributed by atoms with Crippen LogP contribution in [0.4, 0.5) is 27.6 Å². The number of amides is 2. The standard InChI is InChI=1S/C19H13BrCl3F5N2O2/c20-11-3-8(4-13(24)15(11)25)6-19(22,23)7-14(31)29-9-1-2-12(21)10(5-9)18(32)30-17(28)16(26)27/h1-5,16-17H,6-7H2,(H,29,31)(H,30,32). The Morgan fingerprint density at radius 3 is 2.34 bits per heavy atom. The maximum Gasteiger partial charge on any atom is 0.287 e. The van der Waals surface area contributed by atoms with Crippen LogP contribution in [0.15, 0.2) is 34.8 Å². The van der Waals surface area contributed by atoms with E-state index >= 15 is 0 Å². The van der Waals surface area contributed by atoms with Crippen molar-refractivity contribution in [1.82, 2.24) is 5.32 Å². The first kappa shape index (κ1) is 26.6. The van der Waals surface area contributed by atoms with E-state index < -0.39 is 46.9 Å². The molecule has 0 saturated carbocycles. The molecule has 0 aromatic heterocycles. The van der Waals surface area contributed by atoms with Crippen molar-refractivity contribution in [3.8, 4) is 0 Å². The molecule has 0 aliphatic heterocycles. The predicted octanol–water partition coefficient (Wildman–Crippen LogP) is 6.42. The zero-order chi connectivity index (χ0) is 24.2. The molecule has 0 fully saturated rings. The summed E-state index contributed by atoms with van der Waals surface area (Å²) in [4.78, 5) is 24.3. The number of nitrogens with one attached hydrogen (secondary N) is 2. The first-order chi connectivity index (χ1) is 14.8. The molecule has 0 bridgehead atoms. The number of carbonyl (C=O) groups is 2. The molecule has 2 aromatic carbocycles. The van der Waals surface area contributed by atoms with Crippen LogP contribution in [0, 0.1) is 11.6 Å². The Balaban J connectivity index is 2.08. The number of rotatable bonds is 8. The van der Waals surface area contributed by atoms with Gasteiger partial charge in [-0.25, -0.2) is 22.0 Å². The monoisotopic (exact) mass is 580 g/mol. The molecule has 1 atom stereocenters. The van der Waals surface area contributed by atoms with Gasteiger partial charge in [-0.3, -0.25) is 9.59 Å². The zero-order valence-electron chi connectivity index (χ0n) is 15.7. The molecule has 2 rings (SSSR count). The minimum Gasteiger partial charge on any atom is -0.326 e. The van der Waals surface area contributed by atoms with Gasteiger partial charge in [0, 0.05) is 12.1 Å². The van der Waals surface area contributed by atoms with Gasteiger partial charge in [-0.15, -0.1) is 23.2 Å². The van der Waals surface area contributed by atoms with Gasteiger partial charge in [-0.05, 0) is 51.8 Å². The summed E-state index contributed by atoms with van der Waals surface area (Å²) in [7, 11) is 0. The van der Waals surface area contributed by atoms with Crippen LogP contribution in [-0.4, -0.2) is 28.9 Å². The van der Waals surface area contributed by atoms with E-state index in [1.54, 1.807) is 0 Å². The Labute approximate surface area is 202 Å². The van der Waals surface area contributed by atoms with Crippen molar-refractivity contribution in [2.24, 2.45) is 0 Å². The van der Waals surface area contributed by atoms with Crippen LogP contribution < -0.4 is 10.6 Å². The highest BCUT2D eigenvalue weighted by Crippen LogP contribution is 2.32. The number of hydrogen-bond donors (Lipinski definition) is 2. The van der Waals surface area contributed by atoms with Crippen LogP contribution in [0.25, 0.3) is 0 Å². The molecule has 0 heterocycles. The zero-order valence-corrected chi connectivity index (χ0v) is 19.5. The number of halogens is 9. The van der Waals surface area contributed by atoms with Gasteiger partial charge in [0.05, 0.1) is 21.5 Å². The van der Waals surface area contributed by atoms with Crippen molar-refractivity contribution in [2.75, 3.05) is 5.32 Å². The molecule has 4 nitrogen and oxygen atoms in total. The lowest BCUT2D eigenvalue weighted by Gasteiger charge is -2.20. The van der Waals surface area contributed by atoms with Gasteiger partial charge in [0.1, 0.15) is 4.33 Å². The smallest absolute Gasteiger partial charge is 0.287 e. The molecule has 0 radical (unpaired) electrons. The molecule has 0 saturated heterocycles. The van der Waals surface area contributed by atoms with Crippen molar-refractivity contribution in [1.29, 1.82) is 0 Å². The molecule has 0 aliphatic carbocycles. The second kappa shape index (κ2) is 11.0. The second-order valence-electron chi connectivity index (χ2n) is 6.54. The highest BCUT2D eigenvalue weighted by Gasteiger charge is 2.29. The Bertz CT molecular complexity index is 1000. The Morgan fingerprint density at radius 2 is 1.75 bits per heavy atom. The van der Waals surface area contributed by atoms with Crippen LogP contribution in [-0.2, 0) is 11.2 Å². The normalized spacial score (nSPS) is 12.6. The van der Waals surface area contributed by atoms with Crippen molar-refractivity contribution < 1.29 is 31.5 Å². The summed E-state index contributed by atoms with van der Waals surface area (Å²) in [5, 5.41) is 3.65. The molecule has 1 unspecified atom stereocenters. The largest absolute Gasteiger partial charge is 0.326 e. The third-order valence-electron chi connectivity index (χ3n) is 3.91. The number of benzene rings is 2. The molecule has 0 aliphatic rings. The molecule has 2 N–H and O–H groups in total. The lowest BCUT2D eigenvalue weighted by atomic mass is 10.1. The molecular weight excluding hydrogens is 569 g/mol. The third-order valence-corrected chi connectivity index (χ3v) is 5.35. The molecule has 174 valence electrons. The van der Waals surface area contributed by atoms with E-state index in [9.17, 15) is 31.5 Å². The lowest BCUT2D eigenvalue weighted by molar-refractivity contribution is -0.116. The summed E-state index contributed by atoms with van der Waals surface area (Å²) in [6.07, 6.45) is -7.04. The Kier molecular flexibility index (Phi) is 9.15. The summed E-state index contributed by atoms with van der Waals surface area (Å²) in [6, 6.07) is 5.68. The van der Waals surface area contributed by atoms with Crippen molar-refractivity contribution in [2.45, 2.75) is 29.9 Å². The van der Waals surface area contributed by atoms with Crippen molar-refractivity contribution in [3.63, 3.8) is 0 Å². The average Bonchev–Trinajstić information content (AvgIpc) is 2.66. The molecule has 2 amide bonds. The summed E-state index contributed by atoms with van der Waals surface area (Å²) >= 11 is 21.0. The van der Waals surface area contributed by atoms with Gasteiger partial charge in [0.25, 0.3) is 12.3 Å². The van der Waals surface area contributed by atoms with E-state index in [-0.39, 0.29) is 32.7 Å². The fraction of sp³-hybridized carbons (Fsp3) is 0.263. The fourth-order valence-corrected chi connectivity index (χ4v) is 3.79. The fourth-order valence-electron chi connectivity index (χ4n) is 2.55. The number of carbonyl (C=O) groups excluding carboxylic acids is 2. The minimum atomic E-state index is -3.43. The second-order valence-corrected chi connectivity index (χ2v) is 9.44. The average molecular weight is 583 g/mol. The van der Waals surface area contributed by atoms with E-state index in [0.29, 0.717) is 0 Å². The van der Waals surface area contributed by atoms with E-state index in [4.69, 9.17) is 34.8 Å². The first-order valence-electron chi connectivity index (χ1n) is 8.63. The summed E-state index contributed by atoms with van der Waals surface area (Å²) < 4.78 is 62.7. The van der Waals surface area contributed by atoms with Crippen LogP contribution >= 0.6 is 50.7 Å². The summed E-state index contributed by atoms with van der Waals surface area (Å²) in [5.74, 6) is -4.15. The van der Waals surface area contributed by atoms with E-state index in [1.807, 2.05) is 0 Å². The Morgan fingerprint density at radius 1 is 1.09 bits per heavy atom. The van der Waals surface area contributed by atoms with Crippen LogP contribution in [0.5, 0.6) is 0 Å². The number of hydrogen-bond acceptors (Lipinski definition) is 2. The molecule has 0 spiro atoms.